The lowest BCUT2D eigenvalue weighted by atomic mass is 10.1. The monoisotopic (exact) mass is 384 g/mol. The molecule has 0 atom stereocenters. The molecule has 0 amide bonds. The second-order valence-electron chi connectivity index (χ2n) is 5.92. The highest BCUT2D eigenvalue weighted by atomic mass is 32.2. The number of nitro groups is 1. The van der Waals surface area contributed by atoms with Crippen LogP contribution >= 0.6 is 11.8 Å². The van der Waals surface area contributed by atoms with Gasteiger partial charge in [0.2, 0.25) is 0 Å². The number of thioether (sulfide) groups is 1. The van der Waals surface area contributed by atoms with Gasteiger partial charge in [0.25, 0.3) is 5.69 Å². The Morgan fingerprint density at radius 2 is 1.89 bits per heavy atom. The molecule has 8 heteroatoms. The van der Waals surface area contributed by atoms with Gasteiger partial charge in [0, 0.05) is 38.0 Å². The maximum Gasteiger partial charge on any atom is 0.269 e. The van der Waals surface area contributed by atoms with Crippen LogP contribution in [0.15, 0.2) is 59.8 Å². The summed E-state index contributed by atoms with van der Waals surface area (Å²) in [6.45, 7) is 1.22. The Morgan fingerprint density at radius 1 is 1.11 bits per heavy atom. The van der Waals surface area contributed by atoms with Crippen molar-refractivity contribution in [1.29, 1.82) is 0 Å². The summed E-state index contributed by atoms with van der Waals surface area (Å²) in [5.74, 6) is 1.46. The lowest BCUT2D eigenvalue weighted by Gasteiger charge is -2.10. The first-order chi connectivity index (χ1) is 13.2. The Bertz CT molecular complexity index is 899. The van der Waals surface area contributed by atoms with E-state index in [0.29, 0.717) is 25.3 Å². The third-order valence-corrected chi connectivity index (χ3v) is 5.04. The Kier molecular flexibility index (Phi) is 6.56. The SMILES string of the molecule is COCCn1c(Cc2ccccc2)nnc1SCc1cccc([N+](=O)[O-])c1. The molecule has 27 heavy (non-hydrogen) atoms. The van der Waals surface area contributed by atoms with Gasteiger partial charge in [-0.3, -0.25) is 10.1 Å². The summed E-state index contributed by atoms with van der Waals surface area (Å²) >= 11 is 1.51. The van der Waals surface area contributed by atoms with Crippen LogP contribution < -0.4 is 0 Å². The van der Waals surface area contributed by atoms with Crippen LogP contribution in [-0.4, -0.2) is 33.4 Å². The highest BCUT2D eigenvalue weighted by molar-refractivity contribution is 7.98. The molecule has 0 radical (unpaired) electrons. The highest BCUT2D eigenvalue weighted by Crippen LogP contribution is 2.24. The minimum absolute atomic E-state index is 0.0960. The van der Waals surface area contributed by atoms with Crippen molar-refractivity contribution in [3.05, 3.63) is 81.7 Å². The number of nitro benzene ring substituents is 1. The minimum atomic E-state index is -0.382. The van der Waals surface area contributed by atoms with E-state index in [9.17, 15) is 10.1 Å². The first-order valence-electron chi connectivity index (χ1n) is 8.48. The zero-order valence-electron chi connectivity index (χ0n) is 14.9. The van der Waals surface area contributed by atoms with Gasteiger partial charge in [-0.05, 0) is 11.1 Å². The summed E-state index contributed by atoms with van der Waals surface area (Å²) in [5, 5.41) is 20.4. The van der Waals surface area contributed by atoms with Crippen LogP contribution in [0, 0.1) is 10.1 Å². The number of nitrogens with zero attached hydrogens (tertiary/aromatic N) is 4. The maximum atomic E-state index is 10.9. The van der Waals surface area contributed by atoms with Crippen LogP contribution in [0.2, 0.25) is 0 Å². The van der Waals surface area contributed by atoms with E-state index in [1.807, 2.05) is 24.3 Å². The average Bonchev–Trinajstić information content (AvgIpc) is 3.07. The van der Waals surface area contributed by atoms with Gasteiger partial charge >= 0.3 is 0 Å². The van der Waals surface area contributed by atoms with E-state index in [2.05, 4.69) is 26.9 Å². The van der Waals surface area contributed by atoms with Crippen LogP contribution in [0.5, 0.6) is 0 Å². The lowest BCUT2D eigenvalue weighted by molar-refractivity contribution is -0.384. The standard InChI is InChI=1S/C19H20N4O3S/c1-26-11-10-22-18(13-15-6-3-2-4-7-15)20-21-19(22)27-14-16-8-5-9-17(12-16)23(24)25/h2-9,12H,10-11,13-14H2,1H3. The predicted molar refractivity (Wildman–Crippen MR) is 104 cm³/mol. The van der Waals surface area contributed by atoms with Crippen molar-refractivity contribution in [3.63, 3.8) is 0 Å². The van der Waals surface area contributed by atoms with Crippen molar-refractivity contribution >= 4 is 17.4 Å². The molecule has 0 bridgehead atoms. The zero-order chi connectivity index (χ0) is 19.1. The van der Waals surface area contributed by atoms with Gasteiger partial charge in [0.1, 0.15) is 5.82 Å². The topological polar surface area (TPSA) is 83.1 Å². The van der Waals surface area contributed by atoms with Gasteiger partial charge in [-0.2, -0.15) is 0 Å². The molecule has 2 aromatic carbocycles. The molecule has 0 unspecified atom stereocenters. The first-order valence-corrected chi connectivity index (χ1v) is 9.47. The van der Waals surface area contributed by atoms with Crippen LogP contribution in [0.25, 0.3) is 0 Å². The van der Waals surface area contributed by atoms with Gasteiger partial charge in [-0.1, -0.05) is 54.2 Å². The molecule has 0 aliphatic rings. The largest absolute Gasteiger partial charge is 0.383 e. The maximum absolute atomic E-state index is 10.9. The number of benzene rings is 2. The van der Waals surface area contributed by atoms with E-state index in [1.165, 1.54) is 23.4 Å². The molecule has 140 valence electrons. The van der Waals surface area contributed by atoms with Crippen molar-refractivity contribution in [3.8, 4) is 0 Å². The van der Waals surface area contributed by atoms with E-state index in [1.54, 1.807) is 19.2 Å². The summed E-state index contributed by atoms with van der Waals surface area (Å²) < 4.78 is 7.27. The quantitative estimate of drug-likeness (QED) is 0.318. The molecule has 7 nitrogen and oxygen atoms in total. The molecule has 1 heterocycles. The summed E-state index contributed by atoms with van der Waals surface area (Å²) in [5.41, 5.74) is 2.14. The van der Waals surface area contributed by atoms with Crippen molar-refractivity contribution in [1.82, 2.24) is 14.8 Å². The van der Waals surface area contributed by atoms with Crippen molar-refractivity contribution in [2.45, 2.75) is 23.9 Å². The average molecular weight is 384 g/mol. The number of rotatable bonds is 9. The van der Waals surface area contributed by atoms with Crippen LogP contribution in [0.3, 0.4) is 0 Å². The van der Waals surface area contributed by atoms with Gasteiger partial charge in [0.15, 0.2) is 5.16 Å². The molecular weight excluding hydrogens is 364 g/mol. The third kappa shape index (κ3) is 5.15. The van der Waals surface area contributed by atoms with E-state index >= 15 is 0 Å². The molecule has 0 saturated carbocycles. The Balaban J connectivity index is 1.76. The number of non-ortho nitro benzene ring substituents is 1. The number of aromatic nitrogens is 3. The molecule has 0 spiro atoms. The lowest BCUT2D eigenvalue weighted by Crippen LogP contribution is -2.10. The summed E-state index contributed by atoms with van der Waals surface area (Å²) in [4.78, 5) is 10.6. The fourth-order valence-electron chi connectivity index (χ4n) is 2.65. The minimum Gasteiger partial charge on any atom is -0.383 e. The van der Waals surface area contributed by atoms with Crippen molar-refractivity contribution in [2.75, 3.05) is 13.7 Å². The smallest absolute Gasteiger partial charge is 0.269 e. The second kappa shape index (κ2) is 9.29. The van der Waals surface area contributed by atoms with E-state index in [4.69, 9.17) is 4.74 Å². The Labute approximate surface area is 161 Å². The van der Waals surface area contributed by atoms with Crippen molar-refractivity contribution < 1.29 is 9.66 Å². The van der Waals surface area contributed by atoms with Crippen LogP contribution in [0.4, 0.5) is 5.69 Å². The third-order valence-electron chi connectivity index (χ3n) is 4.01. The van der Waals surface area contributed by atoms with Gasteiger partial charge in [-0.15, -0.1) is 10.2 Å². The fraction of sp³-hybridized carbons (Fsp3) is 0.263. The van der Waals surface area contributed by atoms with Gasteiger partial charge in [0.05, 0.1) is 11.5 Å². The van der Waals surface area contributed by atoms with E-state index < -0.39 is 0 Å². The highest BCUT2D eigenvalue weighted by Gasteiger charge is 2.14. The number of ether oxygens (including phenoxy) is 1. The molecule has 0 aliphatic carbocycles. The molecule has 1 aromatic heterocycles. The van der Waals surface area contributed by atoms with Crippen LogP contribution in [0.1, 0.15) is 17.0 Å². The van der Waals surface area contributed by atoms with Gasteiger partial charge in [-0.25, -0.2) is 0 Å². The molecule has 0 aliphatic heterocycles. The molecule has 0 saturated heterocycles. The molecule has 0 N–H and O–H groups in total. The van der Waals surface area contributed by atoms with Gasteiger partial charge < -0.3 is 9.30 Å². The molecular formula is C19H20N4O3S. The summed E-state index contributed by atoms with van der Waals surface area (Å²) in [7, 11) is 1.66. The number of hydrogen-bond donors (Lipinski definition) is 0. The fourth-order valence-corrected chi connectivity index (χ4v) is 3.58. The second-order valence-corrected chi connectivity index (χ2v) is 6.86. The molecule has 3 aromatic rings. The Hall–Kier alpha value is -2.71. The summed E-state index contributed by atoms with van der Waals surface area (Å²) in [6.07, 6.45) is 0.689. The van der Waals surface area contributed by atoms with Crippen molar-refractivity contribution in [2.24, 2.45) is 0 Å². The first kappa shape index (κ1) is 19.1. The van der Waals surface area contributed by atoms with Crippen LogP contribution in [-0.2, 0) is 23.5 Å². The number of hydrogen-bond acceptors (Lipinski definition) is 6. The predicted octanol–water partition coefficient (Wildman–Crippen LogP) is 3.72. The zero-order valence-corrected chi connectivity index (χ0v) is 15.8. The Morgan fingerprint density at radius 3 is 2.63 bits per heavy atom. The molecule has 3 rings (SSSR count). The van der Waals surface area contributed by atoms with E-state index in [0.717, 1.165) is 16.5 Å². The van der Waals surface area contributed by atoms with E-state index in [-0.39, 0.29) is 10.6 Å². The molecule has 0 fully saturated rings. The normalized spacial score (nSPS) is 10.9. The number of methoxy groups -OCH3 is 1. The summed E-state index contributed by atoms with van der Waals surface area (Å²) in [6, 6.07) is 16.8.